The van der Waals surface area contributed by atoms with Crippen molar-refractivity contribution in [2.45, 2.75) is 13.0 Å². The van der Waals surface area contributed by atoms with Crippen molar-refractivity contribution in [3.05, 3.63) is 100 Å². The first-order valence-electron chi connectivity index (χ1n) is 13.1. The van der Waals surface area contributed by atoms with E-state index >= 15 is 0 Å². The number of nitrogen functional groups attached to an aromatic ring is 1. The van der Waals surface area contributed by atoms with Crippen LogP contribution in [0.4, 0.5) is 11.5 Å². The van der Waals surface area contributed by atoms with Crippen LogP contribution in [0.5, 0.6) is 5.75 Å². The minimum Gasteiger partial charge on any atom is -0.495 e. The van der Waals surface area contributed by atoms with Gasteiger partial charge >= 0.3 is 0 Å². The Bertz CT molecular complexity index is 2160. The highest BCUT2D eigenvalue weighted by atomic mass is 35.5. The fourth-order valence-corrected chi connectivity index (χ4v) is 5.75. The number of fused-ring (bicyclic) bond motifs is 2. The van der Waals surface area contributed by atoms with Gasteiger partial charge in [0.05, 0.1) is 40.3 Å². The van der Waals surface area contributed by atoms with E-state index in [9.17, 15) is 9.00 Å². The maximum Gasteiger partial charge on any atom is 0.264 e. The molecule has 218 valence electrons. The second-order valence-corrected chi connectivity index (χ2v) is 10.9. The van der Waals surface area contributed by atoms with E-state index in [1.54, 1.807) is 33.5 Å². The fraction of sp³-hybridized carbons (Fsp3) is 0.133. The molecule has 2 N–H and O–H groups in total. The normalized spacial score (nSPS) is 13.0. The van der Waals surface area contributed by atoms with E-state index in [2.05, 4.69) is 14.3 Å². The highest BCUT2D eigenvalue weighted by Gasteiger charge is 2.25. The number of halogens is 1. The molecule has 3 heterocycles. The molecule has 11 nitrogen and oxygen atoms in total. The summed E-state index contributed by atoms with van der Waals surface area (Å²) in [5, 5.41) is 6.96. The molecule has 6 aromatic rings. The van der Waals surface area contributed by atoms with E-state index in [1.165, 1.54) is 20.5 Å². The van der Waals surface area contributed by atoms with Crippen molar-refractivity contribution in [1.29, 1.82) is 0 Å². The Labute approximate surface area is 252 Å². The molecule has 0 saturated heterocycles. The maximum absolute atomic E-state index is 14.0. The number of pyridine rings is 1. The molecule has 0 aliphatic rings. The third kappa shape index (κ3) is 4.99. The van der Waals surface area contributed by atoms with Crippen LogP contribution in [0.2, 0.25) is 5.02 Å². The Balaban J connectivity index is 1.62. The second-order valence-electron chi connectivity index (χ2n) is 9.54. The van der Waals surface area contributed by atoms with Gasteiger partial charge in [0.1, 0.15) is 23.6 Å². The first-order chi connectivity index (χ1) is 20.8. The predicted octanol–water partition coefficient (Wildman–Crippen LogP) is 5.99. The van der Waals surface area contributed by atoms with Crippen molar-refractivity contribution in [3.63, 3.8) is 0 Å². The molecule has 3 aromatic carbocycles. The number of aromatic nitrogens is 5. The third-order valence-corrected chi connectivity index (χ3v) is 8.07. The van der Waals surface area contributed by atoms with Gasteiger partial charge in [-0.25, -0.2) is 14.6 Å². The Morgan fingerprint density at radius 3 is 2.53 bits per heavy atom. The molecule has 6 rings (SSSR count). The zero-order valence-electron chi connectivity index (χ0n) is 23.3. The molecule has 43 heavy (non-hydrogen) atoms. The van der Waals surface area contributed by atoms with E-state index < -0.39 is 16.9 Å². The van der Waals surface area contributed by atoms with Gasteiger partial charge in [0.15, 0.2) is 5.65 Å². The Hall–Kier alpha value is -4.78. The van der Waals surface area contributed by atoms with Gasteiger partial charge in [-0.05, 0) is 54.8 Å². The number of hydrogen-bond acceptors (Lipinski definition) is 10. The van der Waals surface area contributed by atoms with Crippen LogP contribution in [0.15, 0.2) is 88.3 Å². The topological polar surface area (TPSA) is 140 Å². The van der Waals surface area contributed by atoms with Gasteiger partial charge < -0.3 is 23.2 Å². The molecule has 0 aliphatic heterocycles. The predicted molar refractivity (Wildman–Crippen MR) is 167 cm³/mol. The summed E-state index contributed by atoms with van der Waals surface area (Å²) in [7, 11) is 0.861. The standard InChI is InChI=1S/C30H25ClN7O4S/c1-17(23-15-18-8-7-11-21(31)25(18)30(39)37(23)20-9-5-4-6-10-20)38-29-26(28(32)33-16-34-29)27(35-38)19-12-13-24(41-2)22(14-19)36-43(40)42-3/h4-17H,1-3H3,(H2,32,33,34)/q-1/t17-/m1/s1. The molecular formula is C30H25ClN7O4S-. The lowest BCUT2D eigenvalue weighted by molar-refractivity contribution is 0.415. The van der Waals surface area contributed by atoms with E-state index in [-0.39, 0.29) is 11.4 Å². The fourth-order valence-electron chi connectivity index (χ4n) is 5.11. The number of benzene rings is 3. The van der Waals surface area contributed by atoms with Gasteiger partial charge in [0.2, 0.25) is 0 Å². The van der Waals surface area contributed by atoms with Crippen molar-refractivity contribution >= 4 is 55.8 Å². The lowest BCUT2D eigenvalue weighted by Crippen LogP contribution is -2.26. The van der Waals surface area contributed by atoms with Crippen molar-refractivity contribution in [2.24, 2.45) is 4.36 Å². The monoisotopic (exact) mass is 614 g/mol. The molecule has 0 aliphatic carbocycles. The van der Waals surface area contributed by atoms with Crippen LogP contribution in [-0.2, 0) is 19.3 Å². The molecule has 0 spiro atoms. The SMILES string of the molecule is COc1ccc(-c2nn([C@H](C)c3cc4cccc(Cl)c4c(=O)n3-c3ccccc3)c3ncnc(N)c23)cc1N=[S-](=O)OC. The van der Waals surface area contributed by atoms with Gasteiger partial charge in [0.25, 0.3) is 5.56 Å². The largest absolute Gasteiger partial charge is 0.495 e. The van der Waals surface area contributed by atoms with Gasteiger partial charge in [-0.3, -0.25) is 9.36 Å². The van der Waals surface area contributed by atoms with E-state index in [4.69, 9.17) is 31.4 Å². The number of anilines is 1. The molecule has 0 amide bonds. The zero-order chi connectivity index (χ0) is 30.2. The van der Waals surface area contributed by atoms with Crippen LogP contribution in [-0.4, -0.2) is 38.5 Å². The highest BCUT2D eigenvalue weighted by molar-refractivity contribution is 7.69. The van der Waals surface area contributed by atoms with Crippen LogP contribution < -0.4 is 16.0 Å². The quantitative estimate of drug-likeness (QED) is 0.216. The molecule has 13 heteroatoms. The molecule has 3 aromatic heterocycles. The Kier molecular flexibility index (Phi) is 7.57. The number of nitrogens with zero attached hydrogens (tertiary/aromatic N) is 6. The number of methoxy groups -OCH3 is 1. The van der Waals surface area contributed by atoms with Crippen LogP contribution in [0.3, 0.4) is 0 Å². The van der Waals surface area contributed by atoms with Crippen molar-refractivity contribution in [1.82, 2.24) is 24.3 Å². The summed E-state index contributed by atoms with van der Waals surface area (Å²) in [4.78, 5) is 22.8. The van der Waals surface area contributed by atoms with Crippen LogP contribution in [0.1, 0.15) is 18.7 Å². The average Bonchev–Trinajstić information content (AvgIpc) is 3.42. The van der Waals surface area contributed by atoms with Gasteiger partial charge in [-0.1, -0.05) is 52.8 Å². The number of hydrogen-bond donors (Lipinski definition) is 1. The molecule has 0 radical (unpaired) electrons. The van der Waals surface area contributed by atoms with Crippen LogP contribution in [0.25, 0.3) is 38.8 Å². The van der Waals surface area contributed by atoms with Gasteiger partial charge in [-0.15, -0.1) is 0 Å². The molecule has 0 saturated carbocycles. The average molecular weight is 615 g/mol. The highest BCUT2D eigenvalue weighted by Crippen LogP contribution is 2.38. The molecule has 1 atom stereocenters. The Morgan fingerprint density at radius 2 is 1.79 bits per heavy atom. The minimum absolute atomic E-state index is 0.221. The number of rotatable bonds is 7. The molecule has 0 fully saturated rings. The summed E-state index contributed by atoms with van der Waals surface area (Å²) >= 11 is 6.51. The van der Waals surface area contributed by atoms with E-state index in [1.807, 2.05) is 55.5 Å². The van der Waals surface area contributed by atoms with Crippen molar-refractivity contribution in [3.8, 4) is 22.7 Å². The lowest BCUT2D eigenvalue weighted by Gasteiger charge is -2.21. The summed E-state index contributed by atoms with van der Waals surface area (Å²) in [6, 6.07) is 21.3. The number of nitrogens with two attached hydrogens (primary N) is 1. The van der Waals surface area contributed by atoms with Crippen LogP contribution in [0, 0.1) is 0 Å². The van der Waals surface area contributed by atoms with E-state index in [0.717, 1.165) is 0 Å². The van der Waals surface area contributed by atoms with Gasteiger partial charge in [0, 0.05) is 18.4 Å². The summed E-state index contributed by atoms with van der Waals surface area (Å²) in [6.45, 7) is 1.93. The molecular weight excluding hydrogens is 590 g/mol. The van der Waals surface area contributed by atoms with Crippen LogP contribution >= 0.6 is 11.6 Å². The molecule has 0 bridgehead atoms. The lowest BCUT2D eigenvalue weighted by atomic mass is 10.1. The van der Waals surface area contributed by atoms with E-state index in [0.29, 0.717) is 60.9 Å². The minimum atomic E-state index is -1.92. The summed E-state index contributed by atoms with van der Waals surface area (Å²) in [5.74, 6) is 0.621. The summed E-state index contributed by atoms with van der Waals surface area (Å²) < 4.78 is 29.7. The van der Waals surface area contributed by atoms with Crippen molar-refractivity contribution < 1.29 is 13.1 Å². The first kappa shape index (κ1) is 28.3. The Morgan fingerprint density at radius 1 is 1.00 bits per heavy atom. The van der Waals surface area contributed by atoms with Crippen molar-refractivity contribution in [2.75, 3.05) is 20.0 Å². The first-order valence-corrected chi connectivity index (χ1v) is 14.5. The maximum atomic E-state index is 14.0. The second kappa shape index (κ2) is 11.5. The zero-order valence-corrected chi connectivity index (χ0v) is 24.8. The van der Waals surface area contributed by atoms with Gasteiger partial charge in [-0.2, -0.15) is 5.10 Å². The summed E-state index contributed by atoms with van der Waals surface area (Å²) in [5.41, 5.74) is 9.30. The third-order valence-electron chi connectivity index (χ3n) is 7.12. The summed E-state index contributed by atoms with van der Waals surface area (Å²) in [6.07, 6.45) is 1.37. The number of ether oxygens (including phenoxy) is 1. The molecule has 0 unspecified atom stereocenters. The smallest absolute Gasteiger partial charge is 0.264 e. The number of para-hydroxylation sites is 1.